The van der Waals surface area contributed by atoms with Gasteiger partial charge in [-0.2, -0.15) is 0 Å². The van der Waals surface area contributed by atoms with Crippen molar-refractivity contribution < 1.29 is 14.3 Å². The Balaban J connectivity index is 1.72. The Hall–Kier alpha value is -1.65. The highest BCUT2D eigenvalue weighted by atomic mass is 35.5. The van der Waals surface area contributed by atoms with Crippen LogP contribution in [0.3, 0.4) is 0 Å². The number of aromatic hydroxyl groups is 1. The lowest BCUT2D eigenvalue weighted by molar-refractivity contribution is 0.135. The van der Waals surface area contributed by atoms with E-state index in [-0.39, 0.29) is 11.8 Å². The molecule has 2 aliphatic rings. The van der Waals surface area contributed by atoms with Gasteiger partial charge in [-0.05, 0) is 36.1 Å². The molecule has 5 heteroatoms. The van der Waals surface area contributed by atoms with Crippen molar-refractivity contribution in [3.63, 3.8) is 0 Å². The molecular weight excluding hydrogens is 314 g/mol. The minimum absolute atomic E-state index is 0.213. The molecule has 122 valence electrons. The standard InChI is InChI=1S/C18H20ClNO3/c1-22-18-14-10-20-7-5-12-8-13(4-6-19)23-17(12)15(20)9-11(14)2-3-16(18)21/h2-3,8,15,21H,4-7,9-10H2,1H3/t15-/m0/s1. The van der Waals surface area contributed by atoms with Crippen molar-refractivity contribution in [2.24, 2.45) is 0 Å². The number of nitrogens with zero attached hydrogens (tertiary/aromatic N) is 1. The number of phenols is 1. The van der Waals surface area contributed by atoms with Gasteiger partial charge >= 0.3 is 0 Å². The smallest absolute Gasteiger partial charge is 0.165 e. The Kier molecular flexibility index (Phi) is 3.74. The summed E-state index contributed by atoms with van der Waals surface area (Å²) in [4.78, 5) is 2.42. The molecule has 0 unspecified atom stereocenters. The predicted octanol–water partition coefficient (Wildman–Crippen LogP) is 3.43. The number of furan rings is 1. The normalized spacial score (nSPS) is 19.8. The second-order valence-corrected chi connectivity index (χ2v) is 6.62. The number of ether oxygens (including phenoxy) is 1. The van der Waals surface area contributed by atoms with Gasteiger partial charge in [0.25, 0.3) is 0 Å². The first kappa shape index (κ1) is 14.9. The molecule has 3 heterocycles. The minimum Gasteiger partial charge on any atom is -0.504 e. The molecule has 0 fully saturated rings. The van der Waals surface area contributed by atoms with E-state index in [4.69, 9.17) is 20.8 Å². The summed E-state index contributed by atoms with van der Waals surface area (Å²) in [5.74, 6) is 3.48. The van der Waals surface area contributed by atoms with Crippen molar-refractivity contribution in [2.75, 3.05) is 19.5 Å². The average molecular weight is 334 g/mol. The van der Waals surface area contributed by atoms with Gasteiger partial charge in [-0.1, -0.05) is 6.07 Å². The number of alkyl halides is 1. The second-order valence-electron chi connectivity index (χ2n) is 6.24. The minimum atomic E-state index is 0.213. The lowest BCUT2D eigenvalue weighted by Crippen LogP contribution is -2.39. The molecule has 1 aromatic heterocycles. The maximum Gasteiger partial charge on any atom is 0.165 e. The number of aryl methyl sites for hydroxylation is 1. The first-order valence-corrected chi connectivity index (χ1v) is 8.54. The Labute approximate surface area is 140 Å². The Morgan fingerprint density at radius 3 is 3.04 bits per heavy atom. The maximum absolute atomic E-state index is 10.0. The summed E-state index contributed by atoms with van der Waals surface area (Å²) in [7, 11) is 1.61. The van der Waals surface area contributed by atoms with E-state index in [1.54, 1.807) is 13.2 Å². The van der Waals surface area contributed by atoms with Crippen LogP contribution < -0.4 is 4.74 Å². The fourth-order valence-electron chi connectivity index (χ4n) is 3.85. The molecule has 0 aliphatic carbocycles. The fourth-order valence-corrected chi connectivity index (χ4v) is 4.04. The zero-order chi connectivity index (χ0) is 16.0. The first-order chi connectivity index (χ1) is 11.2. The van der Waals surface area contributed by atoms with Crippen LogP contribution in [0.25, 0.3) is 0 Å². The van der Waals surface area contributed by atoms with Crippen LogP contribution in [0.5, 0.6) is 11.5 Å². The summed E-state index contributed by atoms with van der Waals surface area (Å²) in [6.07, 6.45) is 2.65. The highest BCUT2D eigenvalue weighted by Gasteiger charge is 2.36. The lowest BCUT2D eigenvalue weighted by atomic mass is 9.87. The fraction of sp³-hybridized carbons (Fsp3) is 0.444. The van der Waals surface area contributed by atoms with Gasteiger partial charge in [-0.25, -0.2) is 0 Å². The van der Waals surface area contributed by atoms with Crippen molar-refractivity contribution in [3.05, 3.63) is 46.4 Å². The van der Waals surface area contributed by atoms with E-state index in [0.29, 0.717) is 11.6 Å². The van der Waals surface area contributed by atoms with Crippen molar-refractivity contribution >= 4 is 11.6 Å². The van der Waals surface area contributed by atoms with Crippen LogP contribution in [0.4, 0.5) is 0 Å². The molecule has 0 spiro atoms. The van der Waals surface area contributed by atoms with Gasteiger partial charge in [-0.15, -0.1) is 11.6 Å². The van der Waals surface area contributed by atoms with Gasteiger partial charge in [0.2, 0.25) is 0 Å². The molecule has 4 nitrogen and oxygen atoms in total. The van der Waals surface area contributed by atoms with Gasteiger partial charge in [-0.3, -0.25) is 4.90 Å². The van der Waals surface area contributed by atoms with Gasteiger partial charge in [0.05, 0.1) is 13.2 Å². The van der Waals surface area contributed by atoms with Crippen LogP contribution in [0, 0.1) is 0 Å². The van der Waals surface area contributed by atoms with Crippen molar-refractivity contribution in [3.8, 4) is 11.5 Å². The molecule has 1 aromatic carbocycles. The molecule has 1 N–H and O–H groups in total. The Morgan fingerprint density at radius 2 is 2.26 bits per heavy atom. The van der Waals surface area contributed by atoms with E-state index in [9.17, 15) is 5.11 Å². The summed E-state index contributed by atoms with van der Waals surface area (Å²) in [5.41, 5.74) is 3.64. The number of hydrogen-bond donors (Lipinski definition) is 1. The zero-order valence-electron chi connectivity index (χ0n) is 13.1. The van der Waals surface area contributed by atoms with Gasteiger partial charge in [0.15, 0.2) is 11.5 Å². The molecule has 0 radical (unpaired) electrons. The van der Waals surface area contributed by atoms with Crippen molar-refractivity contribution in [1.82, 2.24) is 4.90 Å². The number of phenolic OH excluding ortho intramolecular Hbond substituents is 1. The maximum atomic E-state index is 10.0. The molecule has 0 saturated carbocycles. The molecule has 2 aromatic rings. The van der Waals surface area contributed by atoms with E-state index < -0.39 is 0 Å². The Morgan fingerprint density at radius 1 is 1.39 bits per heavy atom. The summed E-state index contributed by atoms with van der Waals surface area (Å²) < 4.78 is 11.5. The summed E-state index contributed by atoms with van der Waals surface area (Å²) in [6.45, 7) is 1.78. The van der Waals surface area contributed by atoms with E-state index in [2.05, 4.69) is 11.0 Å². The quantitative estimate of drug-likeness (QED) is 0.874. The summed E-state index contributed by atoms with van der Waals surface area (Å²) in [6, 6.07) is 6.16. The third kappa shape index (κ3) is 2.41. The summed E-state index contributed by atoms with van der Waals surface area (Å²) in [5, 5.41) is 10.0. The number of benzene rings is 1. The van der Waals surface area contributed by atoms with Crippen molar-refractivity contribution in [1.29, 1.82) is 0 Å². The lowest BCUT2D eigenvalue weighted by Gasteiger charge is -2.39. The zero-order valence-corrected chi connectivity index (χ0v) is 13.9. The number of rotatable bonds is 3. The number of fused-ring (bicyclic) bond motifs is 4. The van der Waals surface area contributed by atoms with E-state index in [0.717, 1.165) is 49.4 Å². The molecule has 0 bridgehead atoms. The SMILES string of the molecule is COc1c(O)ccc2c1CN1CCc3cc(CCCl)oc3[C@@H]1C2. The first-order valence-electron chi connectivity index (χ1n) is 8.00. The van der Waals surface area contributed by atoms with E-state index in [1.807, 2.05) is 6.07 Å². The molecular formula is C18H20ClNO3. The molecule has 0 amide bonds. The van der Waals surface area contributed by atoms with E-state index >= 15 is 0 Å². The van der Waals surface area contributed by atoms with Crippen LogP contribution in [-0.4, -0.2) is 29.5 Å². The third-order valence-corrected chi connectivity index (χ3v) is 5.15. The third-order valence-electron chi connectivity index (χ3n) is 4.96. The van der Waals surface area contributed by atoms with Crippen LogP contribution in [0.15, 0.2) is 22.6 Å². The van der Waals surface area contributed by atoms with Gasteiger partial charge < -0.3 is 14.3 Å². The van der Waals surface area contributed by atoms with Crippen LogP contribution in [-0.2, 0) is 25.8 Å². The largest absolute Gasteiger partial charge is 0.504 e. The van der Waals surface area contributed by atoms with Crippen molar-refractivity contribution in [2.45, 2.75) is 31.8 Å². The van der Waals surface area contributed by atoms with Gasteiger partial charge in [0, 0.05) is 31.0 Å². The van der Waals surface area contributed by atoms with Gasteiger partial charge in [0.1, 0.15) is 11.5 Å². The second kappa shape index (κ2) is 5.77. The van der Waals surface area contributed by atoms with Crippen LogP contribution in [0.1, 0.15) is 34.3 Å². The number of halogens is 1. The van der Waals surface area contributed by atoms with E-state index in [1.165, 1.54) is 11.1 Å². The highest BCUT2D eigenvalue weighted by molar-refractivity contribution is 6.17. The topological polar surface area (TPSA) is 45.8 Å². The molecule has 1 atom stereocenters. The van der Waals surface area contributed by atoms with Crippen LogP contribution in [0.2, 0.25) is 0 Å². The Bertz CT molecular complexity index is 740. The molecule has 23 heavy (non-hydrogen) atoms. The molecule has 4 rings (SSSR count). The molecule has 2 aliphatic heterocycles. The number of methoxy groups -OCH3 is 1. The number of hydrogen-bond acceptors (Lipinski definition) is 4. The monoisotopic (exact) mass is 333 g/mol. The molecule has 0 saturated heterocycles. The predicted molar refractivity (Wildman–Crippen MR) is 88.3 cm³/mol. The highest BCUT2D eigenvalue weighted by Crippen LogP contribution is 2.44. The van der Waals surface area contributed by atoms with Crippen LogP contribution >= 0.6 is 11.6 Å². The summed E-state index contributed by atoms with van der Waals surface area (Å²) >= 11 is 5.84. The average Bonchev–Trinajstić information content (AvgIpc) is 2.96.